The van der Waals surface area contributed by atoms with Gasteiger partial charge < -0.3 is 0 Å². The molecule has 0 aromatic rings. The third kappa shape index (κ3) is 9.39. The fourth-order valence-electron chi connectivity index (χ4n) is 1.05. The van der Waals surface area contributed by atoms with Gasteiger partial charge in [0, 0.05) is 0 Å². The average Bonchev–Trinajstić information content (AvgIpc) is 2.12. The Bertz CT molecular complexity index is 131. The smallest absolute Gasteiger partial charge is 0.187 e. The van der Waals surface area contributed by atoms with E-state index in [1.54, 1.807) is 0 Å². The molecule has 0 aromatic heterocycles. The third-order valence-electron chi connectivity index (χ3n) is 1.79. The first kappa shape index (κ1) is 14.8. The fourth-order valence-corrected chi connectivity index (χ4v) is 2.75. The maximum absolute atomic E-state index is 2.37. The summed E-state index contributed by atoms with van der Waals surface area (Å²) in [4.78, 5) is 0. The summed E-state index contributed by atoms with van der Waals surface area (Å²) in [7, 11) is 0. The molecule has 2 unspecified atom stereocenters. The van der Waals surface area contributed by atoms with Gasteiger partial charge in [-0.2, -0.15) is 0 Å². The maximum atomic E-state index is 2.37. The Hall–Kier alpha value is 0.830. The van der Waals surface area contributed by atoms with Crippen LogP contribution in [0.5, 0.6) is 0 Å². The first-order valence-corrected chi connectivity index (χ1v) is 7.42. The highest BCUT2D eigenvalue weighted by Gasteiger charge is 2.10. The van der Waals surface area contributed by atoms with Gasteiger partial charge in [0.25, 0.3) is 0 Å². The summed E-state index contributed by atoms with van der Waals surface area (Å²) in [5.41, 5.74) is 0.617. The van der Waals surface area contributed by atoms with Crippen LogP contribution in [0.15, 0.2) is 0 Å². The molecule has 0 heterocycles. The van der Waals surface area contributed by atoms with Crippen molar-refractivity contribution in [2.24, 2.45) is 0 Å². The van der Waals surface area contributed by atoms with E-state index in [9.17, 15) is 0 Å². The number of hydrogen-bond donors (Lipinski definition) is 0. The van der Waals surface area contributed by atoms with Crippen molar-refractivity contribution in [1.82, 2.24) is 0 Å². The zero-order chi connectivity index (χ0) is 11.0. The van der Waals surface area contributed by atoms with E-state index in [0.29, 0.717) is 11.0 Å². The molecule has 0 aromatic carbocycles. The topological polar surface area (TPSA) is 0 Å². The van der Waals surface area contributed by atoms with Crippen LogP contribution in [0.25, 0.3) is 0 Å². The van der Waals surface area contributed by atoms with Crippen LogP contribution in [-0.4, -0.2) is 23.6 Å². The summed E-state index contributed by atoms with van der Waals surface area (Å²) in [6, 6.07) is 0. The lowest BCUT2D eigenvalue weighted by molar-refractivity contribution is 0.790. The van der Waals surface area contributed by atoms with Crippen molar-refractivity contribution >= 4 is 36.3 Å². The van der Waals surface area contributed by atoms with Crippen LogP contribution >= 0.6 is 23.2 Å². The molecule has 0 saturated heterocycles. The molecule has 14 heavy (non-hydrogen) atoms. The zero-order valence-electron chi connectivity index (χ0n) is 10.1. The summed E-state index contributed by atoms with van der Waals surface area (Å²) in [5, 5.41) is 1.49. The van der Waals surface area contributed by atoms with Gasteiger partial charge in [0.15, 0.2) is 13.1 Å². The number of hydrogen-bond acceptors (Lipinski definition) is 2. The van der Waals surface area contributed by atoms with Crippen LogP contribution in [0.2, 0.25) is 5.72 Å². The molecule has 0 spiro atoms. The number of rotatable bonds is 8. The van der Waals surface area contributed by atoms with Gasteiger partial charge in [-0.3, -0.25) is 0 Å². The van der Waals surface area contributed by atoms with Crippen molar-refractivity contribution < 1.29 is 0 Å². The van der Waals surface area contributed by atoms with Gasteiger partial charge in [-0.05, 0) is 16.9 Å². The van der Waals surface area contributed by atoms with Gasteiger partial charge in [0.1, 0.15) is 0 Å². The Balaban J connectivity index is 3.38. The van der Waals surface area contributed by atoms with E-state index in [1.807, 2.05) is 23.2 Å². The van der Waals surface area contributed by atoms with Crippen molar-refractivity contribution in [1.29, 1.82) is 0 Å². The van der Waals surface area contributed by atoms with Crippen LogP contribution in [0, 0.1) is 0 Å². The molecule has 0 aliphatic rings. The molecule has 0 amide bonds. The Morgan fingerprint density at radius 1 is 1.00 bits per heavy atom. The summed E-state index contributed by atoms with van der Waals surface area (Å²) < 4.78 is 0. The molecular weight excluding hydrogens is 206 g/mol. The van der Waals surface area contributed by atoms with E-state index in [0.717, 1.165) is 5.25 Å². The van der Waals surface area contributed by atoms with Crippen molar-refractivity contribution in [2.45, 2.75) is 63.7 Å². The predicted octanol–water partition coefficient (Wildman–Crippen LogP) is 4.05. The van der Waals surface area contributed by atoms with Gasteiger partial charge in [-0.1, -0.05) is 46.8 Å². The standard InChI is InChI=1S/C10H22B2S2/c1-6-7-9(4)14-12-10(5)11-13-8(2)3/h8-10H,6-7H2,1-5H3. The minimum atomic E-state index is 0.617. The largest absolute Gasteiger partial charge is 0.216 e. The van der Waals surface area contributed by atoms with Gasteiger partial charge >= 0.3 is 0 Å². The van der Waals surface area contributed by atoms with Gasteiger partial charge in [-0.25, -0.2) is 23.2 Å². The Labute approximate surface area is 100 Å². The summed E-state index contributed by atoms with van der Waals surface area (Å²) >= 11 is 3.93. The molecule has 0 aliphatic carbocycles. The highest BCUT2D eigenvalue weighted by atomic mass is 32.2. The second kappa shape index (κ2) is 9.08. The van der Waals surface area contributed by atoms with Gasteiger partial charge in [0.2, 0.25) is 0 Å². The Morgan fingerprint density at radius 2 is 1.57 bits per heavy atom. The average molecular weight is 228 g/mol. The van der Waals surface area contributed by atoms with Crippen molar-refractivity contribution in [3.63, 3.8) is 0 Å². The van der Waals surface area contributed by atoms with Crippen LogP contribution in [0.1, 0.15) is 47.5 Å². The third-order valence-corrected chi connectivity index (χ3v) is 4.20. The SMILES string of the molecule is CCCC(C)S[B]C(C)[B]SC(C)C. The van der Waals surface area contributed by atoms with E-state index in [4.69, 9.17) is 0 Å². The second-order valence-electron chi connectivity index (χ2n) is 4.05. The molecule has 0 rings (SSSR count). The highest BCUT2D eigenvalue weighted by Crippen LogP contribution is 2.21. The minimum Gasteiger partial charge on any atom is -0.216 e. The highest BCUT2D eigenvalue weighted by molar-refractivity contribution is 8.26. The van der Waals surface area contributed by atoms with Crippen molar-refractivity contribution in [3.05, 3.63) is 0 Å². The lowest BCUT2D eigenvalue weighted by atomic mass is 9.70. The molecule has 0 saturated carbocycles. The molecule has 0 bridgehead atoms. The minimum absolute atomic E-state index is 0.617. The molecule has 0 nitrogen and oxygen atoms in total. The summed E-state index contributed by atoms with van der Waals surface area (Å²) in [6.07, 6.45) is 2.62. The van der Waals surface area contributed by atoms with Crippen LogP contribution in [-0.2, 0) is 0 Å². The molecule has 80 valence electrons. The first-order chi connectivity index (χ1) is 6.56. The van der Waals surface area contributed by atoms with Crippen LogP contribution < -0.4 is 0 Å². The molecule has 0 aliphatic heterocycles. The second-order valence-corrected chi connectivity index (χ2v) is 6.89. The monoisotopic (exact) mass is 228 g/mol. The lowest BCUT2D eigenvalue weighted by Gasteiger charge is -2.13. The molecule has 4 heteroatoms. The van der Waals surface area contributed by atoms with Crippen molar-refractivity contribution in [2.75, 3.05) is 0 Å². The van der Waals surface area contributed by atoms with Crippen LogP contribution in [0.3, 0.4) is 0 Å². The van der Waals surface area contributed by atoms with E-state index in [2.05, 4.69) is 47.7 Å². The van der Waals surface area contributed by atoms with Gasteiger partial charge in [0.05, 0.1) is 0 Å². The van der Waals surface area contributed by atoms with E-state index in [1.165, 1.54) is 12.8 Å². The fraction of sp³-hybridized carbons (Fsp3) is 1.00. The lowest BCUT2D eigenvalue weighted by Crippen LogP contribution is -2.08. The van der Waals surface area contributed by atoms with Crippen LogP contribution in [0.4, 0.5) is 0 Å². The van der Waals surface area contributed by atoms with E-state index in [-0.39, 0.29) is 0 Å². The normalized spacial score (nSPS) is 15.3. The van der Waals surface area contributed by atoms with E-state index < -0.39 is 0 Å². The van der Waals surface area contributed by atoms with E-state index >= 15 is 0 Å². The first-order valence-electron chi connectivity index (χ1n) is 5.53. The molecular formula is C10H22B2S2. The summed E-state index contributed by atoms with van der Waals surface area (Å²) in [5.74, 6) is 0. The Morgan fingerprint density at radius 3 is 2.07 bits per heavy atom. The Kier molecular flexibility index (Phi) is 9.62. The van der Waals surface area contributed by atoms with Gasteiger partial charge in [-0.15, -0.1) is 0 Å². The predicted molar refractivity (Wildman–Crippen MR) is 75.6 cm³/mol. The molecule has 0 N–H and O–H groups in total. The maximum Gasteiger partial charge on any atom is 0.187 e. The molecule has 0 fully saturated rings. The zero-order valence-corrected chi connectivity index (χ0v) is 11.8. The van der Waals surface area contributed by atoms with Crippen molar-refractivity contribution in [3.8, 4) is 0 Å². The summed E-state index contributed by atoms with van der Waals surface area (Å²) in [6.45, 7) is 16.0. The molecule has 2 radical (unpaired) electrons. The molecule has 2 atom stereocenters. The quantitative estimate of drug-likeness (QED) is 0.574.